The number of pyridine rings is 3. The van der Waals surface area contributed by atoms with Gasteiger partial charge in [-0.15, -0.1) is 0 Å². The lowest BCUT2D eigenvalue weighted by molar-refractivity contribution is 1.33. The molecule has 0 spiro atoms. The van der Waals surface area contributed by atoms with Crippen LogP contribution in [0.15, 0.2) is 128 Å². The van der Waals surface area contributed by atoms with Gasteiger partial charge in [0.2, 0.25) is 0 Å². The molecule has 5 aromatic carbocycles. The molecule has 0 N–H and O–H groups in total. The number of hydrogen-bond donors (Lipinski definition) is 0. The van der Waals surface area contributed by atoms with Crippen LogP contribution in [0.2, 0.25) is 0 Å². The highest BCUT2D eigenvalue weighted by Gasteiger charge is 2.19. The van der Waals surface area contributed by atoms with E-state index in [9.17, 15) is 0 Å². The zero-order chi connectivity index (χ0) is 25.1. The Bertz CT molecular complexity index is 2180. The van der Waals surface area contributed by atoms with E-state index in [2.05, 4.69) is 102 Å². The third-order valence-corrected chi connectivity index (χ3v) is 7.57. The van der Waals surface area contributed by atoms with Crippen LogP contribution in [0.3, 0.4) is 0 Å². The lowest BCUT2D eigenvalue weighted by atomic mass is 9.89. The highest BCUT2D eigenvalue weighted by atomic mass is 14.7. The molecule has 38 heavy (non-hydrogen) atoms. The second-order valence-corrected chi connectivity index (χ2v) is 9.62. The number of benzene rings is 5. The normalized spacial score (nSPS) is 11.7. The molecular weight excluding hydrogens is 462 g/mol. The van der Waals surface area contributed by atoms with Crippen LogP contribution in [0, 0.1) is 0 Å². The molecule has 3 heteroatoms. The highest BCUT2D eigenvalue weighted by Crippen LogP contribution is 2.44. The predicted molar refractivity (Wildman–Crippen MR) is 158 cm³/mol. The Kier molecular flexibility index (Phi) is 4.52. The molecule has 3 nitrogen and oxygen atoms in total. The van der Waals surface area contributed by atoms with E-state index in [0.717, 1.165) is 44.0 Å². The Morgan fingerprint density at radius 2 is 1.11 bits per heavy atom. The summed E-state index contributed by atoms with van der Waals surface area (Å²) < 4.78 is 0. The molecule has 0 aliphatic rings. The third kappa shape index (κ3) is 2.99. The van der Waals surface area contributed by atoms with Crippen LogP contribution in [0.1, 0.15) is 0 Å². The van der Waals surface area contributed by atoms with Crippen LogP contribution in [-0.4, -0.2) is 15.0 Å². The van der Waals surface area contributed by atoms with Crippen LogP contribution < -0.4 is 0 Å². The van der Waals surface area contributed by atoms with E-state index >= 15 is 0 Å². The number of rotatable bonds is 2. The van der Waals surface area contributed by atoms with Gasteiger partial charge in [-0.25, -0.2) is 4.98 Å². The van der Waals surface area contributed by atoms with Crippen LogP contribution in [-0.2, 0) is 0 Å². The minimum Gasteiger partial charge on any atom is -0.264 e. The summed E-state index contributed by atoms with van der Waals surface area (Å²) in [6.07, 6.45) is 5.63. The van der Waals surface area contributed by atoms with E-state index in [-0.39, 0.29) is 0 Å². The van der Waals surface area contributed by atoms with Crippen molar-refractivity contribution in [1.29, 1.82) is 0 Å². The summed E-state index contributed by atoms with van der Waals surface area (Å²) >= 11 is 0. The van der Waals surface area contributed by atoms with Gasteiger partial charge in [0.25, 0.3) is 0 Å². The fraction of sp³-hybridized carbons (Fsp3) is 0. The van der Waals surface area contributed by atoms with Gasteiger partial charge in [-0.1, -0.05) is 91.0 Å². The maximum absolute atomic E-state index is 5.35. The van der Waals surface area contributed by atoms with Gasteiger partial charge in [-0.05, 0) is 39.9 Å². The Balaban J connectivity index is 1.60. The standard InChI is InChI=1S/C35H21N3/c1-2-11-25-24(10-1)23(22-9-7-19-36-21-22)17-18-28(25)35-33-26-12-3-4-13-27(26)34-30(15-8-20-37-34)32(33)29-14-5-6-16-31(29)38-35/h1-21H. The summed E-state index contributed by atoms with van der Waals surface area (Å²) in [7, 11) is 0. The summed E-state index contributed by atoms with van der Waals surface area (Å²) in [5.41, 5.74) is 6.40. The van der Waals surface area contributed by atoms with Crippen LogP contribution in [0.4, 0.5) is 0 Å². The first-order valence-electron chi connectivity index (χ1n) is 12.8. The first-order chi connectivity index (χ1) is 18.9. The van der Waals surface area contributed by atoms with Crippen LogP contribution >= 0.6 is 0 Å². The molecule has 0 radical (unpaired) electrons. The first-order valence-corrected chi connectivity index (χ1v) is 12.8. The largest absolute Gasteiger partial charge is 0.264 e. The van der Waals surface area contributed by atoms with Crippen molar-refractivity contribution in [2.24, 2.45) is 0 Å². The molecule has 0 aliphatic heterocycles. The van der Waals surface area contributed by atoms with E-state index in [4.69, 9.17) is 9.97 Å². The number of fused-ring (bicyclic) bond motifs is 9. The Morgan fingerprint density at radius 1 is 0.447 bits per heavy atom. The molecule has 3 heterocycles. The van der Waals surface area contributed by atoms with E-state index in [1.807, 2.05) is 30.7 Å². The van der Waals surface area contributed by atoms with Gasteiger partial charge in [-0.3, -0.25) is 9.97 Å². The zero-order valence-electron chi connectivity index (χ0n) is 20.5. The Labute approximate surface area is 219 Å². The molecule has 0 amide bonds. The molecule has 0 aliphatic carbocycles. The summed E-state index contributed by atoms with van der Waals surface area (Å²) in [5, 5.41) is 9.34. The Morgan fingerprint density at radius 3 is 1.92 bits per heavy atom. The fourth-order valence-corrected chi connectivity index (χ4v) is 5.96. The summed E-state index contributed by atoms with van der Waals surface area (Å²) in [4.78, 5) is 14.6. The van der Waals surface area contributed by atoms with E-state index in [1.54, 1.807) is 0 Å². The molecule has 3 aromatic heterocycles. The highest BCUT2D eigenvalue weighted by molar-refractivity contribution is 6.33. The van der Waals surface area contributed by atoms with Gasteiger partial charge >= 0.3 is 0 Å². The number of aromatic nitrogens is 3. The Hall–Kier alpha value is -5.15. The molecule has 8 aromatic rings. The van der Waals surface area contributed by atoms with Gasteiger partial charge in [-0.2, -0.15) is 0 Å². The predicted octanol–water partition coefficient (Wildman–Crippen LogP) is 8.97. The molecular formula is C35H21N3. The molecule has 0 saturated carbocycles. The van der Waals surface area contributed by atoms with Crippen molar-refractivity contribution in [2.75, 3.05) is 0 Å². The second-order valence-electron chi connectivity index (χ2n) is 9.62. The van der Waals surface area contributed by atoms with E-state index < -0.39 is 0 Å². The van der Waals surface area contributed by atoms with Crippen LogP contribution in [0.25, 0.3) is 76.5 Å². The fourth-order valence-electron chi connectivity index (χ4n) is 5.96. The minimum absolute atomic E-state index is 0.982. The van der Waals surface area contributed by atoms with Crippen molar-refractivity contribution >= 4 is 54.1 Å². The lowest BCUT2D eigenvalue weighted by Gasteiger charge is -2.17. The average Bonchev–Trinajstić information content (AvgIpc) is 3.00. The van der Waals surface area contributed by atoms with Gasteiger partial charge in [0.1, 0.15) is 0 Å². The summed E-state index contributed by atoms with van der Waals surface area (Å²) in [6, 6.07) is 38.4. The number of hydrogen-bond acceptors (Lipinski definition) is 3. The van der Waals surface area contributed by atoms with Crippen molar-refractivity contribution in [3.05, 3.63) is 128 Å². The smallest absolute Gasteiger partial charge is 0.0800 e. The zero-order valence-corrected chi connectivity index (χ0v) is 20.5. The summed E-state index contributed by atoms with van der Waals surface area (Å²) in [6.45, 7) is 0. The molecule has 0 bridgehead atoms. The summed E-state index contributed by atoms with van der Waals surface area (Å²) in [5.74, 6) is 0. The van der Waals surface area contributed by atoms with Crippen molar-refractivity contribution in [2.45, 2.75) is 0 Å². The topological polar surface area (TPSA) is 38.7 Å². The van der Waals surface area contributed by atoms with Gasteiger partial charge < -0.3 is 0 Å². The molecule has 0 unspecified atom stereocenters. The number of para-hydroxylation sites is 1. The van der Waals surface area contributed by atoms with E-state index in [1.165, 1.54) is 32.5 Å². The van der Waals surface area contributed by atoms with Gasteiger partial charge in [0.15, 0.2) is 0 Å². The SMILES string of the molecule is c1cncc(-c2ccc(-c3nc4ccccc4c4c5cccnc5c5ccccc5c34)c3ccccc23)c1. The monoisotopic (exact) mass is 483 g/mol. The van der Waals surface area contributed by atoms with Crippen molar-refractivity contribution in [3.63, 3.8) is 0 Å². The molecule has 8 rings (SSSR count). The van der Waals surface area contributed by atoms with Gasteiger partial charge in [0.05, 0.1) is 16.7 Å². The maximum atomic E-state index is 5.35. The van der Waals surface area contributed by atoms with Gasteiger partial charge in [0, 0.05) is 56.6 Å². The maximum Gasteiger partial charge on any atom is 0.0800 e. The second kappa shape index (κ2) is 8.19. The molecule has 0 atom stereocenters. The minimum atomic E-state index is 0.982. The third-order valence-electron chi connectivity index (χ3n) is 7.57. The van der Waals surface area contributed by atoms with E-state index in [0.29, 0.717) is 0 Å². The molecule has 176 valence electrons. The number of nitrogens with zero attached hydrogens (tertiary/aromatic N) is 3. The van der Waals surface area contributed by atoms with Crippen molar-refractivity contribution < 1.29 is 0 Å². The molecule has 0 fully saturated rings. The average molecular weight is 484 g/mol. The lowest BCUT2D eigenvalue weighted by Crippen LogP contribution is -1.95. The quantitative estimate of drug-likeness (QED) is 0.230. The molecule has 0 saturated heterocycles. The first kappa shape index (κ1) is 21.0. The van der Waals surface area contributed by atoms with Crippen molar-refractivity contribution in [1.82, 2.24) is 15.0 Å². The van der Waals surface area contributed by atoms with Crippen LogP contribution in [0.5, 0.6) is 0 Å². The van der Waals surface area contributed by atoms with Crippen molar-refractivity contribution in [3.8, 4) is 22.4 Å².